The van der Waals surface area contributed by atoms with Crippen LogP contribution in [0.5, 0.6) is 11.5 Å². The van der Waals surface area contributed by atoms with Gasteiger partial charge in [0.1, 0.15) is 17.1 Å². The number of phenols is 2. The molecule has 1 fully saturated rings. The minimum Gasteiger partial charge on any atom is -0.507 e. The summed E-state index contributed by atoms with van der Waals surface area (Å²) in [7, 11) is 0. The van der Waals surface area contributed by atoms with E-state index in [1.54, 1.807) is 0 Å². The van der Waals surface area contributed by atoms with Gasteiger partial charge in [-0.1, -0.05) is 18.3 Å². The highest BCUT2D eigenvalue weighted by molar-refractivity contribution is 7.80. The molecule has 5 nitrogen and oxygen atoms in total. The average molecular weight is 266 g/mol. The number of benzene rings is 1. The summed E-state index contributed by atoms with van der Waals surface area (Å²) < 4.78 is 0. The smallest absolute Gasteiger partial charge is 0.261 e. The van der Waals surface area contributed by atoms with Crippen molar-refractivity contribution in [1.82, 2.24) is 4.90 Å². The third-order valence-electron chi connectivity index (χ3n) is 3.08. The van der Waals surface area contributed by atoms with Gasteiger partial charge in [-0.3, -0.25) is 4.79 Å². The summed E-state index contributed by atoms with van der Waals surface area (Å²) in [6.45, 7) is 0.522. The molecular formula is C12H14N2O3S. The van der Waals surface area contributed by atoms with Gasteiger partial charge in [-0.25, -0.2) is 0 Å². The van der Waals surface area contributed by atoms with E-state index in [2.05, 4.69) is 0 Å². The second-order valence-electron chi connectivity index (χ2n) is 4.23. The van der Waals surface area contributed by atoms with Crippen molar-refractivity contribution >= 4 is 23.1 Å². The first kappa shape index (κ1) is 12.6. The minimum atomic E-state index is -0.444. The number of rotatable bonds is 2. The SMILES string of the molecule is NC(=S)C1CCCN1C(=O)c1c(O)cccc1O. The first-order valence-electron chi connectivity index (χ1n) is 5.63. The molecule has 1 aromatic carbocycles. The molecule has 1 aliphatic rings. The molecule has 1 heterocycles. The predicted molar refractivity (Wildman–Crippen MR) is 70.6 cm³/mol. The number of nitrogens with two attached hydrogens (primary N) is 1. The summed E-state index contributed by atoms with van der Waals surface area (Å²) in [5.74, 6) is -0.928. The van der Waals surface area contributed by atoms with Gasteiger partial charge in [-0.05, 0) is 25.0 Å². The molecule has 0 aromatic heterocycles. The molecule has 1 amide bonds. The Morgan fingerprint density at radius 1 is 1.39 bits per heavy atom. The van der Waals surface area contributed by atoms with Crippen molar-refractivity contribution < 1.29 is 15.0 Å². The van der Waals surface area contributed by atoms with E-state index in [1.165, 1.54) is 23.1 Å². The quantitative estimate of drug-likeness (QED) is 0.695. The van der Waals surface area contributed by atoms with Gasteiger partial charge >= 0.3 is 0 Å². The fourth-order valence-corrected chi connectivity index (χ4v) is 2.44. The summed E-state index contributed by atoms with van der Waals surface area (Å²) in [5.41, 5.74) is 5.50. The zero-order chi connectivity index (χ0) is 13.3. The van der Waals surface area contributed by atoms with Gasteiger partial charge in [0.05, 0.1) is 11.0 Å². The largest absolute Gasteiger partial charge is 0.507 e. The van der Waals surface area contributed by atoms with Crippen molar-refractivity contribution in [2.24, 2.45) is 5.73 Å². The van der Waals surface area contributed by atoms with E-state index in [1.807, 2.05) is 0 Å². The number of amides is 1. The lowest BCUT2D eigenvalue weighted by Crippen LogP contribution is -2.42. The van der Waals surface area contributed by atoms with Gasteiger partial charge in [0.15, 0.2) is 0 Å². The van der Waals surface area contributed by atoms with Crippen LogP contribution in [0.2, 0.25) is 0 Å². The topological polar surface area (TPSA) is 86.8 Å². The van der Waals surface area contributed by atoms with E-state index in [4.69, 9.17) is 18.0 Å². The number of aromatic hydroxyl groups is 2. The molecule has 1 unspecified atom stereocenters. The van der Waals surface area contributed by atoms with Crippen molar-refractivity contribution in [1.29, 1.82) is 0 Å². The maximum Gasteiger partial charge on any atom is 0.261 e. The van der Waals surface area contributed by atoms with Crippen LogP contribution in [0, 0.1) is 0 Å². The molecule has 0 saturated carbocycles. The fourth-order valence-electron chi connectivity index (χ4n) is 2.20. The predicted octanol–water partition coefficient (Wildman–Crippen LogP) is 0.988. The second kappa shape index (κ2) is 4.81. The Balaban J connectivity index is 2.34. The highest BCUT2D eigenvalue weighted by Gasteiger charge is 2.33. The summed E-state index contributed by atoms with van der Waals surface area (Å²) in [6.07, 6.45) is 1.53. The summed E-state index contributed by atoms with van der Waals surface area (Å²) >= 11 is 4.93. The Labute approximate surface area is 110 Å². The zero-order valence-corrected chi connectivity index (χ0v) is 10.5. The molecule has 1 aliphatic heterocycles. The number of carbonyl (C=O) groups is 1. The van der Waals surface area contributed by atoms with Crippen LogP contribution >= 0.6 is 12.2 Å². The van der Waals surface area contributed by atoms with Gasteiger partial charge in [-0.15, -0.1) is 0 Å². The first-order chi connectivity index (χ1) is 8.52. The molecule has 1 saturated heterocycles. The standard InChI is InChI=1S/C12H14N2O3S/c13-11(18)7-3-2-6-14(7)12(17)10-8(15)4-1-5-9(10)16/h1,4-5,7,15-16H,2-3,6H2,(H2,13,18). The number of likely N-dealkylation sites (tertiary alicyclic amines) is 1. The van der Waals surface area contributed by atoms with E-state index in [9.17, 15) is 15.0 Å². The Kier molecular flexibility index (Phi) is 3.38. The number of phenolic OH excluding ortho intramolecular Hbond substituents is 2. The molecular weight excluding hydrogens is 252 g/mol. The minimum absolute atomic E-state index is 0.0966. The number of hydrogen-bond donors (Lipinski definition) is 3. The molecule has 6 heteroatoms. The normalized spacial score (nSPS) is 18.9. The molecule has 18 heavy (non-hydrogen) atoms. The van der Waals surface area contributed by atoms with Crippen LogP contribution in [0.15, 0.2) is 18.2 Å². The van der Waals surface area contributed by atoms with Gasteiger partial charge in [0, 0.05) is 6.54 Å². The molecule has 0 bridgehead atoms. The van der Waals surface area contributed by atoms with Gasteiger partial charge in [0.25, 0.3) is 5.91 Å². The maximum atomic E-state index is 12.3. The average Bonchev–Trinajstić information content (AvgIpc) is 2.77. The Morgan fingerprint density at radius 2 is 2.00 bits per heavy atom. The zero-order valence-electron chi connectivity index (χ0n) is 9.67. The molecule has 0 radical (unpaired) electrons. The van der Waals surface area contributed by atoms with Crippen LogP contribution in [0.1, 0.15) is 23.2 Å². The number of nitrogens with zero attached hydrogens (tertiary/aromatic N) is 1. The van der Waals surface area contributed by atoms with Crippen LogP contribution in [0.4, 0.5) is 0 Å². The van der Waals surface area contributed by atoms with Crippen LogP contribution in [-0.2, 0) is 0 Å². The Morgan fingerprint density at radius 3 is 2.56 bits per heavy atom. The first-order valence-corrected chi connectivity index (χ1v) is 6.04. The molecule has 1 atom stereocenters. The molecule has 96 valence electrons. The van der Waals surface area contributed by atoms with Gasteiger partial charge in [0.2, 0.25) is 0 Å². The highest BCUT2D eigenvalue weighted by Crippen LogP contribution is 2.30. The molecule has 4 N–H and O–H groups in total. The summed E-state index contributed by atoms with van der Waals surface area (Å²) in [4.78, 5) is 14.1. The number of thiocarbonyl (C=S) groups is 1. The van der Waals surface area contributed by atoms with Crippen molar-refractivity contribution in [2.45, 2.75) is 18.9 Å². The van der Waals surface area contributed by atoms with Gasteiger partial charge in [-0.2, -0.15) is 0 Å². The third-order valence-corrected chi connectivity index (χ3v) is 3.35. The van der Waals surface area contributed by atoms with Gasteiger partial charge < -0.3 is 20.8 Å². The number of carbonyl (C=O) groups excluding carboxylic acids is 1. The van der Waals surface area contributed by atoms with E-state index >= 15 is 0 Å². The van der Waals surface area contributed by atoms with Crippen LogP contribution in [0.25, 0.3) is 0 Å². The van der Waals surface area contributed by atoms with Crippen LogP contribution in [-0.4, -0.2) is 38.6 Å². The second-order valence-corrected chi connectivity index (χ2v) is 4.70. The van der Waals surface area contributed by atoms with Crippen molar-refractivity contribution in [3.8, 4) is 11.5 Å². The third kappa shape index (κ3) is 2.11. The highest BCUT2D eigenvalue weighted by atomic mass is 32.1. The lowest BCUT2D eigenvalue weighted by Gasteiger charge is -2.24. The van der Waals surface area contributed by atoms with Crippen molar-refractivity contribution in [3.05, 3.63) is 23.8 Å². The molecule has 1 aromatic rings. The maximum absolute atomic E-state index is 12.3. The Bertz CT molecular complexity index is 484. The fraction of sp³-hybridized carbons (Fsp3) is 0.333. The lowest BCUT2D eigenvalue weighted by molar-refractivity contribution is 0.0764. The van der Waals surface area contributed by atoms with E-state index in [-0.39, 0.29) is 28.1 Å². The lowest BCUT2D eigenvalue weighted by atomic mass is 10.1. The number of hydrogen-bond acceptors (Lipinski definition) is 4. The van der Waals surface area contributed by atoms with Crippen LogP contribution in [0.3, 0.4) is 0 Å². The Hall–Kier alpha value is -1.82. The van der Waals surface area contributed by atoms with E-state index < -0.39 is 5.91 Å². The van der Waals surface area contributed by atoms with E-state index in [0.29, 0.717) is 6.54 Å². The summed E-state index contributed by atoms with van der Waals surface area (Å²) in [5, 5.41) is 19.4. The van der Waals surface area contributed by atoms with Crippen LogP contribution < -0.4 is 5.73 Å². The van der Waals surface area contributed by atoms with E-state index in [0.717, 1.165) is 12.8 Å². The molecule has 0 aliphatic carbocycles. The van der Waals surface area contributed by atoms with Crippen molar-refractivity contribution in [3.63, 3.8) is 0 Å². The molecule has 2 rings (SSSR count). The van der Waals surface area contributed by atoms with Crippen molar-refractivity contribution in [2.75, 3.05) is 6.54 Å². The summed E-state index contributed by atoms with van der Waals surface area (Å²) in [6, 6.07) is 3.89. The monoisotopic (exact) mass is 266 g/mol. The molecule has 0 spiro atoms.